The molecule has 0 heterocycles. The molecular formula is C12H14O2. The molecule has 0 fully saturated rings. The molecule has 1 rings (SSSR count). The van der Waals surface area contributed by atoms with Gasteiger partial charge in [-0.15, -0.1) is 0 Å². The fourth-order valence-corrected chi connectivity index (χ4v) is 1.19. The van der Waals surface area contributed by atoms with Crippen molar-refractivity contribution in [3.05, 3.63) is 41.5 Å². The number of hydrogen-bond donors (Lipinski definition) is 0. The zero-order valence-electron chi connectivity index (χ0n) is 8.76. The standard InChI is InChI=1S/C12H14O2/c1-5-12(13)14-11-7-9(3)8(2)6-10(11)4/h5-7H,1H2,2-4H3. The third-order valence-electron chi connectivity index (χ3n) is 2.17. The SMILES string of the molecule is C=CC(=O)Oc1cc(C)c(C)cc1C. The average Bonchev–Trinajstić information content (AvgIpc) is 2.14. The van der Waals surface area contributed by atoms with Crippen molar-refractivity contribution in [2.45, 2.75) is 20.8 Å². The van der Waals surface area contributed by atoms with E-state index in [0.717, 1.165) is 17.2 Å². The summed E-state index contributed by atoms with van der Waals surface area (Å²) in [6.07, 6.45) is 1.16. The first kappa shape index (κ1) is 10.5. The molecule has 0 atom stereocenters. The molecular weight excluding hydrogens is 176 g/mol. The van der Waals surface area contributed by atoms with Crippen LogP contribution >= 0.6 is 0 Å². The van der Waals surface area contributed by atoms with Crippen LogP contribution in [0.25, 0.3) is 0 Å². The van der Waals surface area contributed by atoms with Gasteiger partial charge < -0.3 is 4.74 Å². The molecule has 0 N–H and O–H groups in total. The zero-order valence-corrected chi connectivity index (χ0v) is 8.76. The zero-order chi connectivity index (χ0) is 10.7. The molecule has 0 amide bonds. The maximum Gasteiger partial charge on any atom is 0.335 e. The average molecular weight is 190 g/mol. The Balaban J connectivity index is 3.03. The van der Waals surface area contributed by atoms with E-state index in [9.17, 15) is 4.79 Å². The van der Waals surface area contributed by atoms with E-state index in [4.69, 9.17) is 4.74 Å². The van der Waals surface area contributed by atoms with E-state index in [1.165, 1.54) is 5.56 Å². The van der Waals surface area contributed by atoms with E-state index >= 15 is 0 Å². The second-order valence-corrected chi connectivity index (χ2v) is 3.33. The fraction of sp³-hybridized carbons (Fsp3) is 0.250. The van der Waals surface area contributed by atoms with E-state index in [1.807, 2.05) is 32.9 Å². The van der Waals surface area contributed by atoms with E-state index in [2.05, 4.69) is 6.58 Å². The molecule has 0 unspecified atom stereocenters. The van der Waals surface area contributed by atoms with Gasteiger partial charge in [-0.3, -0.25) is 0 Å². The van der Waals surface area contributed by atoms with Gasteiger partial charge in [-0.1, -0.05) is 12.6 Å². The summed E-state index contributed by atoms with van der Waals surface area (Å²) in [4.78, 5) is 11.0. The smallest absolute Gasteiger partial charge is 0.335 e. The van der Waals surface area contributed by atoms with Gasteiger partial charge in [0, 0.05) is 6.08 Å². The molecule has 14 heavy (non-hydrogen) atoms. The number of aryl methyl sites for hydroxylation is 3. The Morgan fingerprint density at radius 1 is 1.21 bits per heavy atom. The van der Waals surface area contributed by atoms with Crippen molar-refractivity contribution in [2.75, 3.05) is 0 Å². The van der Waals surface area contributed by atoms with Gasteiger partial charge in [0.1, 0.15) is 5.75 Å². The van der Waals surface area contributed by atoms with Crippen molar-refractivity contribution in [3.8, 4) is 5.75 Å². The summed E-state index contributed by atoms with van der Waals surface area (Å²) in [5.41, 5.74) is 3.27. The van der Waals surface area contributed by atoms with Crippen LogP contribution in [0.4, 0.5) is 0 Å². The van der Waals surface area contributed by atoms with Gasteiger partial charge in [0.05, 0.1) is 0 Å². The molecule has 0 aliphatic rings. The van der Waals surface area contributed by atoms with Crippen LogP contribution < -0.4 is 4.74 Å². The highest BCUT2D eigenvalue weighted by Crippen LogP contribution is 2.22. The van der Waals surface area contributed by atoms with Gasteiger partial charge in [0.2, 0.25) is 0 Å². The first-order chi connectivity index (χ1) is 6.54. The van der Waals surface area contributed by atoms with E-state index in [-0.39, 0.29) is 0 Å². The molecule has 0 aromatic heterocycles. The van der Waals surface area contributed by atoms with Crippen LogP contribution in [0.15, 0.2) is 24.8 Å². The van der Waals surface area contributed by atoms with Crippen molar-refractivity contribution >= 4 is 5.97 Å². The number of rotatable bonds is 2. The molecule has 0 spiro atoms. The van der Waals surface area contributed by atoms with Gasteiger partial charge in [-0.2, -0.15) is 0 Å². The molecule has 74 valence electrons. The Morgan fingerprint density at radius 3 is 2.36 bits per heavy atom. The van der Waals surface area contributed by atoms with Crippen molar-refractivity contribution in [3.63, 3.8) is 0 Å². The first-order valence-electron chi connectivity index (χ1n) is 4.46. The van der Waals surface area contributed by atoms with Gasteiger partial charge in [-0.05, 0) is 43.5 Å². The molecule has 0 saturated carbocycles. The van der Waals surface area contributed by atoms with E-state index in [1.54, 1.807) is 0 Å². The largest absolute Gasteiger partial charge is 0.423 e. The Labute approximate surface area is 84.2 Å². The number of benzene rings is 1. The molecule has 0 bridgehead atoms. The van der Waals surface area contributed by atoms with Gasteiger partial charge in [-0.25, -0.2) is 4.79 Å². The Bertz CT molecular complexity index is 378. The second kappa shape index (κ2) is 4.09. The molecule has 0 saturated heterocycles. The van der Waals surface area contributed by atoms with Crippen LogP contribution in [-0.4, -0.2) is 5.97 Å². The quantitative estimate of drug-likeness (QED) is 0.407. The monoisotopic (exact) mass is 190 g/mol. The number of esters is 1. The fourth-order valence-electron chi connectivity index (χ4n) is 1.19. The molecule has 0 aliphatic heterocycles. The van der Waals surface area contributed by atoms with Gasteiger partial charge >= 0.3 is 5.97 Å². The number of carbonyl (C=O) groups excluding carboxylic acids is 1. The topological polar surface area (TPSA) is 26.3 Å². The minimum Gasteiger partial charge on any atom is -0.423 e. The lowest BCUT2D eigenvalue weighted by Gasteiger charge is -2.08. The van der Waals surface area contributed by atoms with E-state index < -0.39 is 5.97 Å². The maximum atomic E-state index is 11.0. The van der Waals surface area contributed by atoms with Crippen LogP contribution in [0.2, 0.25) is 0 Å². The summed E-state index contributed by atoms with van der Waals surface area (Å²) in [7, 11) is 0. The minimum absolute atomic E-state index is 0.420. The highest BCUT2D eigenvalue weighted by molar-refractivity contribution is 5.83. The first-order valence-corrected chi connectivity index (χ1v) is 4.46. The third-order valence-corrected chi connectivity index (χ3v) is 2.17. The number of hydrogen-bond acceptors (Lipinski definition) is 2. The Kier molecular flexibility index (Phi) is 3.07. The Hall–Kier alpha value is -1.57. The molecule has 2 nitrogen and oxygen atoms in total. The lowest BCUT2D eigenvalue weighted by atomic mass is 10.1. The maximum absolute atomic E-state index is 11.0. The van der Waals surface area contributed by atoms with Crippen molar-refractivity contribution in [1.82, 2.24) is 0 Å². The normalized spacial score (nSPS) is 9.64. The molecule has 2 heteroatoms. The summed E-state index contributed by atoms with van der Waals surface area (Å²) >= 11 is 0. The van der Waals surface area contributed by atoms with E-state index in [0.29, 0.717) is 5.75 Å². The molecule has 0 radical (unpaired) electrons. The number of carbonyl (C=O) groups is 1. The Morgan fingerprint density at radius 2 is 1.79 bits per heavy atom. The van der Waals surface area contributed by atoms with Crippen LogP contribution in [0.3, 0.4) is 0 Å². The van der Waals surface area contributed by atoms with Crippen molar-refractivity contribution < 1.29 is 9.53 Å². The molecule has 0 aliphatic carbocycles. The lowest BCUT2D eigenvalue weighted by molar-refractivity contribution is -0.129. The summed E-state index contributed by atoms with van der Waals surface area (Å²) in [5, 5.41) is 0. The third kappa shape index (κ3) is 2.22. The summed E-state index contributed by atoms with van der Waals surface area (Å²) in [5.74, 6) is 0.189. The van der Waals surface area contributed by atoms with Crippen LogP contribution in [0, 0.1) is 20.8 Å². The summed E-state index contributed by atoms with van der Waals surface area (Å²) in [6.45, 7) is 9.28. The van der Waals surface area contributed by atoms with Gasteiger partial charge in [0.15, 0.2) is 0 Å². The van der Waals surface area contributed by atoms with Gasteiger partial charge in [0.25, 0.3) is 0 Å². The number of ether oxygens (including phenoxy) is 1. The predicted octanol–water partition coefficient (Wildman–Crippen LogP) is 2.70. The van der Waals surface area contributed by atoms with Crippen LogP contribution in [-0.2, 0) is 4.79 Å². The van der Waals surface area contributed by atoms with Crippen LogP contribution in [0.5, 0.6) is 5.75 Å². The minimum atomic E-state index is -0.420. The predicted molar refractivity (Wildman–Crippen MR) is 56.5 cm³/mol. The highest BCUT2D eigenvalue weighted by atomic mass is 16.5. The molecule has 1 aromatic carbocycles. The van der Waals surface area contributed by atoms with Crippen molar-refractivity contribution in [2.24, 2.45) is 0 Å². The highest BCUT2D eigenvalue weighted by Gasteiger charge is 2.05. The summed E-state index contributed by atoms with van der Waals surface area (Å²) in [6, 6.07) is 3.87. The van der Waals surface area contributed by atoms with Crippen molar-refractivity contribution in [1.29, 1.82) is 0 Å². The molecule has 1 aromatic rings. The van der Waals surface area contributed by atoms with Crippen LogP contribution in [0.1, 0.15) is 16.7 Å². The second-order valence-electron chi connectivity index (χ2n) is 3.33. The summed E-state index contributed by atoms with van der Waals surface area (Å²) < 4.78 is 5.07. The lowest BCUT2D eigenvalue weighted by Crippen LogP contribution is -2.04.